The van der Waals surface area contributed by atoms with Gasteiger partial charge in [0, 0.05) is 20.9 Å². The van der Waals surface area contributed by atoms with Gasteiger partial charge in [0.2, 0.25) is 0 Å². The molecular weight excluding hydrogens is 308 g/mol. The molecule has 0 bridgehead atoms. The lowest BCUT2D eigenvalue weighted by Gasteiger charge is -2.03. The van der Waals surface area contributed by atoms with Crippen LogP contribution in [0.5, 0.6) is 0 Å². The number of carbonyl (C=O) groups excluding carboxylic acids is 1. The second kappa shape index (κ2) is 4.89. The fourth-order valence-electron chi connectivity index (χ4n) is 1.08. The molecule has 0 aliphatic carbocycles. The Morgan fingerprint density at radius 3 is 2.64 bits per heavy atom. The zero-order valence-corrected chi connectivity index (χ0v) is 11.0. The molecule has 0 atom stereocenters. The minimum atomic E-state index is 0.0886. The summed E-state index contributed by atoms with van der Waals surface area (Å²) in [7, 11) is 0. The number of benzene rings is 1. The first-order chi connectivity index (χ1) is 6.50. The maximum atomic E-state index is 11.7. The Hall–Kier alpha value is -0.410. The topological polar surface area (TPSA) is 17.1 Å². The molecule has 0 aliphatic heterocycles. The molecule has 3 heteroatoms. The average molecular weight is 318 g/mol. The van der Waals surface area contributed by atoms with Gasteiger partial charge in [-0.2, -0.15) is 0 Å². The molecule has 0 spiro atoms. The summed E-state index contributed by atoms with van der Waals surface area (Å²) in [6.45, 7) is 5.58. The highest BCUT2D eigenvalue weighted by Gasteiger charge is 2.10. The third-order valence-corrected chi connectivity index (χ3v) is 2.88. The van der Waals surface area contributed by atoms with E-state index in [0.29, 0.717) is 12.0 Å². The van der Waals surface area contributed by atoms with Crippen molar-refractivity contribution in [2.24, 2.45) is 0 Å². The van der Waals surface area contributed by atoms with E-state index in [1.807, 2.05) is 25.1 Å². The molecule has 0 fully saturated rings. The Balaban J connectivity index is 3.00. The number of hydrogen-bond donors (Lipinski definition) is 0. The molecule has 0 radical (unpaired) electrons. The number of rotatable bonds is 3. The number of carbonyl (C=O) groups is 1. The van der Waals surface area contributed by atoms with Gasteiger partial charge in [-0.05, 0) is 25.1 Å². The van der Waals surface area contributed by atoms with Crippen LogP contribution in [-0.4, -0.2) is 5.78 Å². The molecule has 1 rings (SSSR count). The van der Waals surface area contributed by atoms with Crippen LogP contribution in [-0.2, 0) is 0 Å². The molecule has 0 saturated heterocycles. The second-order valence-corrected chi connectivity index (χ2v) is 4.95. The van der Waals surface area contributed by atoms with E-state index in [0.717, 1.165) is 14.5 Å². The second-order valence-electron chi connectivity index (χ2n) is 3.18. The highest BCUT2D eigenvalue weighted by atomic mass is 79.9. The predicted octanol–water partition coefficient (Wildman–Crippen LogP) is 4.36. The Morgan fingerprint density at radius 1 is 1.43 bits per heavy atom. The molecule has 0 unspecified atom stereocenters. The zero-order chi connectivity index (χ0) is 10.7. The standard InChI is InChI=1S/C11H10Br2O/c1-7(2)5-11(14)9-6-8(12)3-4-10(9)13/h3-4,6H,1,5H2,2H3. The van der Waals surface area contributed by atoms with Gasteiger partial charge >= 0.3 is 0 Å². The van der Waals surface area contributed by atoms with Gasteiger partial charge in [-0.1, -0.05) is 44.0 Å². The van der Waals surface area contributed by atoms with Gasteiger partial charge in [-0.3, -0.25) is 4.79 Å². The zero-order valence-electron chi connectivity index (χ0n) is 7.81. The normalized spacial score (nSPS) is 9.93. The summed E-state index contributed by atoms with van der Waals surface area (Å²) in [5.74, 6) is 0.0886. The Labute approximate surface area is 100 Å². The fourth-order valence-corrected chi connectivity index (χ4v) is 1.91. The van der Waals surface area contributed by atoms with E-state index in [1.165, 1.54) is 0 Å². The van der Waals surface area contributed by atoms with Crippen LogP contribution in [0, 0.1) is 0 Å². The van der Waals surface area contributed by atoms with Gasteiger partial charge in [0.1, 0.15) is 0 Å². The summed E-state index contributed by atoms with van der Waals surface area (Å²) in [6.07, 6.45) is 0.398. The number of ketones is 1. The van der Waals surface area contributed by atoms with E-state index in [1.54, 1.807) is 0 Å². The van der Waals surface area contributed by atoms with E-state index >= 15 is 0 Å². The van der Waals surface area contributed by atoms with Crippen molar-refractivity contribution >= 4 is 37.6 Å². The minimum Gasteiger partial charge on any atom is -0.294 e. The first-order valence-electron chi connectivity index (χ1n) is 4.13. The van der Waals surface area contributed by atoms with Crippen LogP contribution in [0.2, 0.25) is 0 Å². The van der Waals surface area contributed by atoms with Crippen molar-refractivity contribution in [2.45, 2.75) is 13.3 Å². The van der Waals surface area contributed by atoms with Crippen LogP contribution in [0.25, 0.3) is 0 Å². The molecule has 0 aliphatic rings. The quantitative estimate of drug-likeness (QED) is 0.598. The van der Waals surface area contributed by atoms with E-state index in [-0.39, 0.29) is 5.78 Å². The molecule has 74 valence electrons. The molecule has 1 aromatic rings. The van der Waals surface area contributed by atoms with Crippen molar-refractivity contribution in [1.82, 2.24) is 0 Å². The van der Waals surface area contributed by atoms with Gasteiger partial charge in [0.15, 0.2) is 5.78 Å². The lowest BCUT2D eigenvalue weighted by Crippen LogP contribution is -2.00. The summed E-state index contributed by atoms with van der Waals surface area (Å²) in [5.41, 5.74) is 1.57. The average Bonchev–Trinajstić information content (AvgIpc) is 2.08. The lowest BCUT2D eigenvalue weighted by atomic mass is 10.1. The van der Waals surface area contributed by atoms with Gasteiger partial charge in [-0.25, -0.2) is 0 Å². The number of hydrogen-bond acceptors (Lipinski definition) is 1. The Bertz CT molecular complexity index is 383. The summed E-state index contributed by atoms with van der Waals surface area (Å²) in [6, 6.07) is 5.56. The predicted molar refractivity (Wildman–Crippen MR) is 65.6 cm³/mol. The van der Waals surface area contributed by atoms with E-state index in [9.17, 15) is 4.79 Å². The molecule has 14 heavy (non-hydrogen) atoms. The van der Waals surface area contributed by atoms with Crippen molar-refractivity contribution in [3.8, 4) is 0 Å². The molecule has 0 saturated carbocycles. The maximum absolute atomic E-state index is 11.7. The Kier molecular flexibility index (Phi) is 4.08. The molecule has 0 heterocycles. The largest absolute Gasteiger partial charge is 0.294 e. The van der Waals surface area contributed by atoms with Gasteiger partial charge in [0.05, 0.1) is 0 Å². The van der Waals surface area contributed by atoms with E-state index in [4.69, 9.17) is 0 Å². The summed E-state index contributed by atoms with van der Waals surface area (Å²) in [4.78, 5) is 11.7. The van der Waals surface area contributed by atoms with Crippen LogP contribution in [0.1, 0.15) is 23.7 Å². The van der Waals surface area contributed by atoms with Crippen molar-refractivity contribution in [3.63, 3.8) is 0 Å². The van der Waals surface area contributed by atoms with Crippen molar-refractivity contribution in [2.75, 3.05) is 0 Å². The smallest absolute Gasteiger partial charge is 0.168 e. The summed E-state index contributed by atoms with van der Waals surface area (Å²) < 4.78 is 1.73. The van der Waals surface area contributed by atoms with Crippen molar-refractivity contribution < 1.29 is 4.79 Å². The van der Waals surface area contributed by atoms with Crippen LogP contribution >= 0.6 is 31.9 Å². The monoisotopic (exact) mass is 316 g/mol. The molecular formula is C11H10Br2O. The van der Waals surface area contributed by atoms with E-state index in [2.05, 4.69) is 38.4 Å². The molecule has 0 amide bonds. The van der Waals surface area contributed by atoms with E-state index < -0.39 is 0 Å². The first-order valence-corrected chi connectivity index (χ1v) is 5.72. The molecule has 0 N–H and O–H groups in total. The lowest BCUT2D eigenvalue weighted by molar-refractivity contribution is 0.0992. The highest BCUT2D eigenvalue weighted by Crippen LogP contribution is 2.23. The third-order valence-electron chi connectivity index (χ3n) is 1.69. The van der Waals surface area contributed by atoms with Crippen LogP contribution in [0.3, 0.4) is 0 Å². The summed E-state index contributed by atoms with van der Waals surface area (Å²) in [5, 5.41) is 0. The summed E-state index contributed by atoms with van der Waals surface area (Å²) >= 11 is 6.68. The van der Waals surface area contributed by atoms with Crippen LogP contribution in [0.4, 0.5) is 0 Å². The maximum Gasteiger partial charge on any atom is 0.168 e. The third kappa shape index (κ3) is 3.07. The molecule has 1 aromatic carbocycles. The minimum absolute atomic E-state index is 0.0886. The van der Waals surface area contributed by atoms with Crippen LogP contribution < -0.4 is 0 Å². The Morgan fingerprint density at radius 2 is 2.07 bits per heavy atom. The van der Waals surface area contributed by atoms with Crippen molar-refractivity contribution in [3.05, 3.63) is 44.9 Å². The highest BCUT2D eigenvalue weighted by molar-refractivity contribution is 9.11. The molecule has 1 nitrogen and oxygen atoms in total. The van der Waals surface area contributed by atoms with Gasteiger partial charge in [-0.15, -0.1) is 0 Å². The number of Topliss-reactive ketones (excluding diaryl/α,β-unsaturated/α-hetero) is 1. The van der Waals surface area contributed by atoms with Gasteiger partial charge < -0.3 is 0 Å². The number of allylic oxidation sites excluding steroid dienone is 1. The molecule has 0 aromatic heterocycles. The first kappa shape index (κ1) is 11.7. The van der Waals surface area contributed by atoms with Crippen molar-refractivity contribution in [1.29, 1.82) is 0 Å². The fraction of sp³-hybridized carbons (Fsp3) is 0.182. The van der Waals surface area contributed by atoms with Crippen LogP contribution in [0.15, 0.2) is 39.3 Å². The van der Waals surface area contributed by atoms with Gasteiger partial charge in [0.25, 0.3) is 0 Å². The number of halogens is 2. The SMILES string of the molecule is C=C(C)CC(=O)c1cc(Br)ccc1Br.